The standard InChI is InChI=1S/C31H38N6O4/c1-19-25-16-32-31(34-29(25)37(23-5-3-4-6-23)30(39)28(19)20(2)38)33-21-7-8-26-27(15-21)41-18-24-17-35(11-12-36(24)26)22-9-13-40-14-10-22/h7-8,15-16,22-24H,3-6,9-14,17-18H2,1-2H3,(H,32,33,34)/t24-/m0/s1. The van der Waals surface area contributed by atoms with Gasteiger partial charge in [-0.05, 0) is 57.2 Å². The number of anilines is 3. The number of nitrogens with zero attached hydrogens (tertiary/aromatic N) is 5. The maximum Gasteiger partial charge on any atom is 0.263 e. The van der Waals surface area contributed by atoms with E-state index in [-0.39, 0.29) is 22.9 Å². The summed E-state index contributed by atoms with van der Waals surface area (Å²) in [4.78, 5) is 40.4. The van der Waals surface area contributed by atoms with Gasteiger partial charge in [0.25, 0.3) is 5.56 Å². The first kappa shape index (κ1) is 26.4. The van der Waals surface area contributed by atoms with Gasteiger partial charge in [0.2, 0.25) is 5.95 Å². The highest BCUT2D eigenvalue weighted by Gasteiger charge is 2.36. The number of pyridine rings is 1. The summed E-state index contributed by atoms with van der Waals surface area (Å²) in [5, 5.41) is 4.08. The Bertz CT molecular complexity index is 1540. The molecule has 1 aromatic carbocycles. The highest BCUT2D eigenvalue weighted by atomic mass is 16.5. The van der Waals surface area contributed by atoms with Gasteiger partial charge in [-0.25, -0.2) is 4.98 Å². The van der Waals surface area contributed by atoms with Crippen LogP contribution >= 0.6 is 0 Å². The van der Waals surface area contributed by atoms with Gasteiger partial charge < -0.3 is 19.7 Å². The Labute approximate surface area is 239 Å². The number of benzene rings is 1. The van der Waals surface area contributed by atoms with Crippen molar-refractivity contribution in [3.8, 4) is 5.75 Å². The Kier molecular flexibility index (Phi) is 6.90. The van der Waals surface area contributed by atoms with E-state index in [1.807, 2.05) is 19.1 Å². The lowest BCUT2D eigenvalue weighted by Crippen LogP contribution is -2.59. The van der Waals surface area contributed by atoms with Gasteiger partial charge in [-0.2, -0.15) is 4.98 Å². The molecular weight excluding hydrogens is 520 g/mol. The predicted molar refractivity (Wildman–Crippen MR) is 158 cm³/mol. The molecule has 0 bridgehead atoms. The molecule has 5 heterocycles. The lowest BCUT2D eigenvalue weighted by atomic mass is 10.0. The molecule has 3 aromatic rings. The van der Waals surface area contributed by atoms with Crippen LogP contribution in [-0.2, 0) is 4.74 Å². The molecule has 0 amide bonds. The number of aryl methyl sites for hydroxylation is 1. The van der Waals surface area contributed by atoms with Crippen LogP contribution in [0.25, 0.3) is 11.0 Å². The number of carbonyl (C=O) groups excluding carboxylic acids is 1. The number of rotatable bonds is 5. The molecule has 10 nitrogen and oxygen atoms in total. The third kappa shape index (κ3) is 4.76. The second kappa shape index (κ2) is 10.7. The first-order valence-corrected chi connectivity index (χ1v) is 15.0. The van der Waals surface area contributed by atoms with Gasteiger partial charge in [-0.15, -0.1) is 0 Å². The van der Waals surface area contributed by atoms with Crippen molar-refractivity contribution in [3.05, 3.63) is 45.9 Å². The van der Waals surface area contributed by atoms with Gasteiger partial charge in [0.05, 0.1) is 17.3 Å². The summed E-state index contributed by atoms with van der Waals surface area (Å²) in [6.07, 6.45) is 7.92. The van der Waals surface area contributed by atoms with Gasteiger partial charge in [0.1, 0.15) is 18.0 Å². The lowest BCUT2D eigenvalue weighted by molar-refractivity contribution is 0.0231. The van der Waals surface area contributed by atoms with E-state index in [4.69, 9.17) is 14.5 Å². The number of hydrogen-bond acceptors (Lipinski definition) is 9. The van der Waals surface area contributed by atoms with Crippen molar-refractivity contribution < 1.29 is 14.3 Å². The first-order valence-electron chi connectivity index (χ1n) is 15.0. The van der Waals surface area contributed by atoms with E-state index in [0.29, 0.717) is 35.8 Å². The van der Waals surface area contributed by atoms with E-state index >= 15 is 0 Å². The number of piperazine rings is 1. The molecule has 4 aliphatic rings. The van der Waals surface area contributed by atoms with Crippen molar-refractivity contribution in [2.75, 3.05) is 49.7 Å². The molecular formula is C31H38N6O4. The summed E-state index contributed by atoms with van der Waals surface area (Å²) in [6, 6.07) is 7.17. The molecule has 7 rings (SSSR count). The van der Waals surface area contributed by atoms with E-state index in [1.165, 1.54) is 6.92 Å². The van der Waals surface area contributed by atoms with Crippen molar-refractivity contribution in [2.24, 2.45) is 0 Å². The smallest absolute Gasteiger partial charge is 0.263 e. The Hall–Kier alpha value is -3.50. The van der Waals surface area contributed by atoms with Crippen LogP contribution in [0.3, 0.4) is 0 Å². The zero-order chi connectivity index (χ0) is 28.1. The molecule has 0 spiro atoms. The minimum absolute atomic E-state index is 0.0449. The van der Waals surface area contributed by atoms with Crippen LogP contribution in [0.4, 0.5) is 17.3 Å². The van der Waals surface area contributed by atoms with Gasteiger partial charge >= 0.3 is 0 Å². The van der Waals surface area contributed by atoms with Crippen LogP contribution in [-0.4, -0.2) is 76.8 Å². The summed E-state index contributed by atoms with van der Waals surface area (Å²) in [5.41, 5.74) is 3.18. The number of nitrogens with one attached hydrogen (secondary N) is 1. The zero-order valence-corrected chi connectivity index (χ0v) is 23.9. The monoisotopic (exact) mass is 558 g/mol. The van der Waals surface area contributed by atoms with Gasteiger partial charge in [0, 0.05) is 68.3 Å². The summed E-state index contributed by atoms with van der Waals surface area (Å²) in [5.74, 6) is 1.05. The summed E-state index contributed by atoms with van der Waals surface area (Å²) < 4.78 is 13.6. The summed E-state index contributed by atoms with van der Waals surface area (Å²) >= 11 is 0. The van der Waals surface area contributed by atoms with E-state index < -0.39 is 0 Å². The van der Waals surface area contributed by atoms with Gasteiger partial charge in [0.15, 0.2) is 5.78 Å². The van der Waals surface area contributed by atoms with Crippen LogP contribution in [0.2, 0.25) is 0 Å². The SMILES string of the molecule is CC(=O)c1c(C)c2cnc(Nc3ccc4c(c3)OC[C@@H]3CN(C5CCOCC5)CCN43)nc2n(C2CCCC2)c1=O. The normalized spacial score (nSPS) is 21.9. The van der Waals surface area contributed by atoms with Crippen LogP contribution in [0.1, 0.15) is 67.4 Å². The van der Waals surface area contributed by atoms with E-state index in [9.17, 15) is 9.59 Å². The van der Waals surface area contributed by atoms with Crippen molar-refractivity contribution in [1.82, 2.24) is 19.4 Å². The molecule has 1 N–H and O–H groups in total. The fourth-order valence-electron chi connectivity index (χ4n) is 7.29. The number of ether oxygens (including phenoxy) is 2. The fourth-order valence-corrected chi connectivity index (χ4v) is 7.29. The highest BCUT2D eigenvalue weighted by Crippen LogP contribution is 2.38. The number of Topliss-reactive ketones (excluding diaryl/α,β-unsaturated/α-hetero) is 1. The molecule has 10 heteroatoms. The Morgan fingerprint density at radius 3 is 2.63 bits per heavy atom. The number of fused-ring (bicyclic) bond motifs is 4. The molecule has 41 heavy (non-hydrogen) atoms. The molecule has 216 valence electrons. The van der Waals surface area contributed by atoms with Crippen LogP contribution in [0.5, 0.6) is 5.75 Å². The quantitative estimate of drug-likeness (QED) is 0.461. The van der Waals surface area contributed by atoms with E-state index in [0.717, 1.165) is 93.9 Å². The number of ketones is 1. The molecule has 1 saturated carbocycles. The minimum Gasteiger partial charge on any atom is -0.489 e. The van der Waals surface area contributed by atoms with Crippen molar-refractivity contribution in [3.63, 3.8) is 0 Å². The third-order valence-electron chi connectivity index (χ3n) is 9.43. The Balaban J connectivity index is 1.15. The van der Waals surface area contributed by atoms with Crippen LogP contribution in [0.15, 0.2) is 29.2 Å². The van der Waals surface area contributed by atoms with Gasteiger partial charge in [-0.3, -0.25) is 19.1 Å². The first-order chi connectivity index (χ1) is 20.0. The van der Waals surface area contributed by atoms with E-state index in [1.54, 1.807) is 10.8 Å². The number of aromatic nitrogens is 3. The lowest BCUT2D eigenvalue weighted by Gasteiger charge is -2.48. The zero-order valence-electron chi connectivity index (χ0n) is 23.9. The molecule has 2 aromatic heterocycles. The summed E-state index contributed by atoms with van der Waals surface area (Å²) in [6.45, 7) is 8.71. The summed E-state index contributed by atoms with van der Waals surface area (Å²) in [7, 11) is 0. The largest absolute Gasteiger partial charge is 0.489 e. The second-order valence-corrected chi connectivity index (χ2v) is 11.9. The molecule has 2 saturated heterocycles. The van der Waals surface area contributed by atoms with Crippen molar-refractivity contribution >= 4 is 34.1 Å². The molecule has 0 unspecified atom stereocenters. The molecule has 1 aliphatic carbocycles. The molecule has 3 aliphatic heterocycles. The number of hydrogen-bond donors (Lipinski definition) is 1. The minimum atomic E-state index is -0.243. The average Bonchev–Trinajstić information content (AvgIpc) is 3.51. The number of carbonyl (C=O) groups is 1. The Morgan fingerprint density at radius 2 is 1.85 bits per heavy atom. The van der Waals surface area contributed by atoms with Crippen LogP contribution < -0.4 is 20.5 Å². The molecule has 1 atom stereocenters. The highest BCUT2D eigenvalue weighted by molar-refractivity contribution is 5.99. The van der Waals surface area contributed by atoms with Gasteiger partial charge in [-0.1, -0.05) is 12.8 Å². The topological polar surface area (TPSA) is 102 Å². The second-order valence-electron chi connectivity index (χ2n) is 11.9. The fraction of sp³-hybridized carbons (Fsp3) is 0.548. The van der Waals surface area contributed by atoms with E-state index in [2.05, 4.69) is 26.2 Å². The molecule has 0 radical (unpaired) electrons. The van der Waals surface area contributed by atoms with Crippen LogP contribution in [0, 0.1) is 6.92 Å². The predicted octanol–water partition coefficient (Wildman–Crippen LogP) is 4.22. The van der Waals surface area contributed by atoms with Crippen molar-refractivity contribution in [2.45, 2.75) is 70.5 Å². The third-order valence-corrected chi connectivity index (χ3v) is 9.43. The maximum atomic E-state index is 13.5. The maximum absolute atomic E-state index is 13.5. The molecule has 3 fully saturated rings. The van der Waals surface area contributed by atoms with Crippen molar-refractivity contribution in [1.29, 1.82) is 0 Å². The average molecular weight is 559 g/mol. The Morgan fingerprint density at radius 1 is 1.05 bits per heavy atom.